The molecule has 0 aliphatic rings. The van der Waals surface area contributed by atoms with Gasteiger partial charge in [-0.15, -0.1) is 0 Å². The molecule has 0 radical (unpaired) electrons. The minimum absolute atomic E-state index is 0.602. The Morgan fingerprint density at radius 1 is 0.261 bits per heavy atom. The third-order valence-electron chi connectivity index (χ3n) is 7.19. The quantitative estimate of drug-likeness (QED) is 0.173. The first kappa shape index (κ1) is 10.0. The molecule has 214 valence electrons. The molecular formula is C46H30. The molecule has 0 aliphatic carbocycles. The van der Waals surface area contributed by atoms with E-state index in [9.17, 15) is 12.3 Å². The first-order chi connectivity index (χ1) is 35.3. The summed E-state index contributed by atoms with van der Waals surface area (Å²) in [4.78, 5) is 0. The van der Waals surface area contributed by atoms with E-state index in [2.05, 4.69) is 0 Å². The summed E-state index contributed by atoms with van der Waals surface area (Å²) in [5, 5.41) is -6.22. The van der Waals surface area contributed by atoms with Crippen LogP contribution in [0.5, 0.6) is 0 Å². The van der Waals surface area contributed by atoms with E-state index in [1.54, 1.807) is 0 Å². The second-order valence-corrected chi connectivity index (χ2v) is 9.75. The standard InChI is InChI=1S/C46H30/c1-2-12-31(13-3-1)37-26-27-43-44(30-37)46(40-23-11-17-33-15-6-7-20-39(33)40)42-22-9-8-21-41(42)45(43)38-19-10-18-35(29-38)36-25-24-32-14-4-5-16-34(32)28-36/h1-30H/i1D,2D,3D,4D,5D,6D,7D,8D,9D,10D,11D,12D,13D,14D,15D,16D,17D,18D,19D,20D,21D,22D,23D,24D,25D,26D,27D,28D,29D,30D. The van der Waals surface area contributed by atoms with Crippen LogP contribution in [-0.4, -0.2) is 0 Å². The summed E-state index contributed by atoms with van der Waals surface area (Å²) in [5.41, 5.74) is -7.15. The lowest BCUT2D eigenvalue weighted by Crippen LogP contribution is -1.93. The average Bonchev–Trinajstić information content (AvgIpc) is 3.38. The highest BCUT2D eigenvalue weighted by Gasteiger charge is 2.19. The second kappa shape index (κ2) is 10.9. The maximum absolute atomic E-state index is 10.1. The molecule has 9 aromatic carbocycles. The fourth-order valence-electron chi connectivity index (χ4n) is 5.22. The Morgan fingerprint density at radius 3 is 1.65 bits per heavy atom. The molecule has 0 N–H and O–H groups in total. The highest BCUT2D eigenvalue weighted by molar-refractivity contribution is 6.24. The van der Waals surface area contributed by atoms with Gasteiger partial charge in [-0.3, -0.25) is 0 Å². The van der Waals surface area contributed by atoms with E-state index in [0.29, 0.717) is 0 Å². The Morgan fingerprint density at radius 2 is 0.804 bits per heavy atom. The van der Waals surface area contributed by atoms with Crippen LogP contribution in [0.25, 0.3) is 87.6 Å². The first-order valence-electron chi connectivity index (χ1n) is 28.5. The smallest absolute Gasteiger partial charge is 0.0622 e. The fourth-order valence-corrected chi connectivity index (χ4v) is 5.22. The summed E-state index contributed by atoms with van der Waals surface area (Å²) in [5.74, 6) is 0. The van der Waals surface area contributed by atoms with Crippen LogP contribution in [-0.2, 0) is 0 Å². The summed E-state index contributed by atoms with van der Waals surface area (Å²) in [6.45, 7) is 0. The number of rotatable bonds is 4. The normalized spacial score (nSPS) is 20.6. The third-order valence-corrected chi connectivity index (χ3v) is 7.19. The first-order valence-corrected chi connectivity index (χ1v) is 13.5. The van der Waals surface area contributed by atoms with Crippen molar-refractivity contribution in [3.8, 4) is 44.5 Å². The van der Waals surface area contributed by atoms with Gasteiger partial charge >= 0.3 is 0 Å². The van der Waals surface area contributed by atoms with Crippen molar-refractivity contribution in [3.63, 3.8) is 0 Å². The van der Waals surface area contributed by atoms with Crippen molar-refractivity contribution in [2.24, 2.45) is 0 Å². The topological polar surface area (TPSA) is 0 Å². The summed E-state index contributed by atoms with van der Waals surface area (Å²) in [6.07, 6.45) is 0. The average molecular weight is 613 g/mol. The molecule has 0 aromatic heterocycles. The molecule has 0 fully saturated rings. The van der Waals surface area contributed by atoms with E-state index in [1.807, 2.05) is 0 Å². The number of benzene rings is 9. The van der Waals surface area contributed by atoms with Crippen LogP contribution < -0.4 is 0 Å². The molecule has 0 spiro atoms. The van der Waals surface area contributed by atoms with E-state index in [-0.39, 0.29) is 0 Å². The monoisotopic (exact) mass is 612 g/mol. The molecule has 0 atom stereocenters. The van der Waals surface area contributed by atoms with Gasteiger partial charge in [0.25, 0.3) is 0 Å². The minimum atomic E-state index is -1.17. The maximum atomic E-state index is 10.1. The molecular weight excluding hydrogens is 553 g/mol. The van der Waals surface area contributed by atoms with Gasteiger partial charge in [-0.2, -0.15) is 0 Å². The van der Waals surface area contributed by atoms with Gasteiger partial charge in [-0.1, -0.05) is 163 Å². The van der Waals surface area contributed by atoms with E-state index in [1.165, 1.54) is 0 Å². The molecule has 9 aromatic rings. The summed E-state index contributed by atoms with van der Waals surface area (Å²) >= 11 is 0. The molecule has 0 nitrogen and oxygen atoms in total. The Kier molecular flexibility index (Phi) is 2.37. The predicted molar refractivity (Wildman–Crippen MR) is 198 cm³/mol. The Labute approximate surface area is 311 Å². The van der Waals surface area contributed by atoms with Crippen LogP contribution in [0.4, 0.5) is 0 Å². The van der Waals surface area contributed by atoms with Crippen molar-refractivity contribution in [1.82, 2.24) is 0 Å². The molecule has 0 heterocycles. The highest BCUT2D eigenvalue weighted by Crippen LogP contribution is 2.46. The predicted octanol–water partition coefficient (Wildman–Crippen LogP) is 13.0. The van der Waals surface area contributed by atoms with Crippen LogP contribution in [0.2, 0.25) is 0 Å². The Hall–Kier alpha value is -5.98. The molecule has 0 aliphatic heterocycles. The molecule has 0 bridgehead atoms. The van der Waals surface area contributed by atoms with Gasteiger partial charge in [0.1, 0.15) is 0 Å². The Balaban J connectivity index is 1.68. The van der Waals surface area contributed by atoms with E-state index in [4.69, 9.17) is 28.8 Å². The molecule has 0 unspecified atom stereocenters. The summed E-state index contributed by atoms with van der Waals surface area (Å²) in [7, 11) is 0. The van der Waals surface area contributed by atoms with E-state index in [0.717, 1.165) is 0 Å². The fraction of sp³-hybridized carbons (Fsp3) is 0. The molecule has 0 saturated heterocycles. The number of hydrogen-bond acceptors (Lipinski definition) is 0. The van der Waals surface area contributed by atoms with Gasteiger partial charge in [-0.25, -0.2) is 0 Å². The molecule has 0 saturated carbocycles. The van der Waals surface area contributed by atoms with Crippen molar-refractivity contribution < 1.29 is 41.1 Å². The second-order valence-electron chi connectivity index (χ2n) is 9.75. The number of hydrogen-bond donors (Lipinski definition) is 0. The lowest BCUT2D eigenvalue weighted by molar-refractivity contribution is 1.62. The van der Waals surface area contributed by atoms with Crippen LogP contribution >= 0.6 is 0 Å². The van der Waals surface area contributed by atoms with Gasteiger partial charge in [0.05, 0.1) is 41.1 Å². The van der Waals surface area contributed by atoms with Gasteiger partial charge in [0, 0.05) is 0 Å². The largest absolute Gasteiger partial charge is 0.0636 e. The third kappa shape index (κ3) is 4.38. The van der Waals surface area contributed by atoms with Crippen molar-refractivity contribution in [2.45, 2.75) is 0 Å². The zero-order chi connectivity index (χ0) is 56.6. The zero-order valence-corrected chi connectivity index (χ0v) is 23.0. The highest BCUT2D eigenvalue weighted by atomic mass is 14.2. The lowest BCUT2D eigenvalue weighted by Gasteiger charge is -2.20. The lowest BCUT2D eigenvalue weighted by atomic mass is 9.83. The van der Waals surface area contributed by atoms with Gasteiger partial charge < -0.3 is 0 Å². The van der Waals surface area contributed by atoms with Crippen molar-refractivity contribution in [2.75, 3.05) is 0 Å². The zero-order valence-electron chi connectivity index (χ0n) is 53.0. The number of fused-ring (bicyclic) bond motifs is 4. The molecule has 0 heteroatoms. The molecule has 0 amide bonds. The minimum Gasteiger partial charge on any atom is -0.0622 e. The summed E-state index contributed by atoms with van der Waals surface area (Å²) in [6, 6.07) is -30.4. The van der Waals surface area contributed by atoms with Crippen LogP contribution in [0, 0.1) is 0 Å². The van der Waals surface area contributed by atoms with E-state index < -0.39 is 269 Å². The molecule has 9 rings (SSSR count). The van der Waals surface area contributed by atoms with Crippen molar-refractivity contribution in [3.05, 3.63) is 181 Å². The maximum Gasteiger partial charge on any atom is 0.0636 e. The molecule has 46 heavy (non-hydrogen) atoms. The van der Waals surface area contributed by atoms with Crippen LogP contribution in [0.1, 0.15) is 41.1 Å². The van der Waals surface area contributed by atoms with Gasteiger partial charge in [0.2, 0.25) is 0 Å². The van der Waals surface area contributed by atoms with Gasteiger partial charge in [0.15, 0.2) is 0 Å². The van der Waals surface area contributed by atoms with Crippen LogP contribution in [0.3, 0.4) is 0 Å². The summed E-state index contributed by atoms with van der Waals surface area (Å²) < 4.78 is 270. The van der Waals surface area contributed by atoms with E-state index >= 15 is 0 Å². The SMILES string of the molecule is [2H]c1c([2H])c([2H])c(-c2c([2H])c([2H])c3c(-c4c([2H])c([2H])c([2H])c(-c5c([2H])c([2H])c6c([2H])c([2H])c([2H])c([2H])c6c5[2H])c4[2H])c4c([2H])c([2H])c([2H])c([2H])c4c(-c4c([2H])c([2H])c([2H])c5c([2H])c([2H])c([2H])c([2H])c45)c3c2[2H])c([2H])c1[2H]. The van der Waals surface area contributed by atoms with Crippen LogP contribution in [0.15, 0.2) is 181 Å². The van der Waals surface area contributed by atoms with Gasteiger partial charge in [-0.05, 0) is 106 Å². The Bertz CT molecular complexity index is 4240. The van der Waals surface area contributed by atoms with Crippen molar-refractivity contribution >= 4 is 43.1 Å². The van der Waals surface area contributed by atoms with Crippen molar-refractivity contribution in [1.29, 1.82) is 0 Å².